The molecular formula is C10H10O2. The third-order valence-corrected chi connectivity index (χ3v) is 1.96. The fourth-order valence-corrected chi connectivity index (χ4v) is 1.33. The van der Waals surface area contributed by atoms with Crippen LogP contribution < -0.4 is 0 Å². The average Bonchev–Trinajstić information content (AvgIpc) is 2.54. The van der Waals surface area contributed by atoms with Gasteiger partial charge in [-0.15, -0.1) is 0 Å². The summed E-state index contributed by atoms with van der Waals surface area (Å²) in [6.07, 6.45) is 9.11. The molecular weight excluding hydrogens is 152 g/mol. The van der Waals surface area contributed by atoms with Gasteiger partial charge in [0.15, 0.2) is 0 Å². The van der Waals surface area contributed by atoms with Crippen LogP contribution >= 0.6 is 0 Å². The molecule has 0 aliphatic heterocycles. The SMILES string of the molecule is Oc1ccc(C2C=CC=CC2)o1. The second-order valence-electron chi connectivity index (χ2n) is 2.83. The minimum atomic E-state index is -0.00652. The van der Waals surface area contributed by atoms with Crippen molar-refractivity contribution in [3.63, 3.8) is 0 Å². The van der Waals surface area contributed by atoms with E-state index < -0.39 is 0 Å². The van der Waals surface area contributed by atoms with Crippen LogP contribution in [-0.4, -0.2) is 5.11 Å². The first kappa shape index (κ1) is 7.22. The van der Waals surface area contributed by atoms with Crippen molar-refractivity contribution in [2.24, 2.45) is 0 Å². The zero-order valence-corrected chi connectivity index (χ0v) is 6.60. The molecule has 0 radical (unpaired) electrons. The Morgan fingerprint density at radius 1 is 1.33 bits per heavy atom. The molecule has 2 nitrogen and oxygen atoms in total. The zero-order valence-electron chi connectivity index (χ0n) is 6.60. The van der Waals surface area contributed by atoms with E-state index in [0.717, 1.165) is 12.2 Å². The van der Waals surface area contributed by atoms with Crippen LogP contribution in [0.4, 0.5) is 0 Å². The molecule has 2 heteroatoms. The van der Waals surface area contributed by atoms with E-state index in [9.17, 15) is 0 Å². The van der Waals surface area contributed by atoms with Gasteiger partial charge < -0.3 is 9.52 Å². The topological polar surface area (TPSA) is 33.4 Å². The monoisotopic (exact) mass is 162 g/mol. The predicted molar refractivity (Wildman–Crippen MR) is 46.0 cm³/mol. The molecule has 1 N–H and O–H groups in total. The lowest BCUT2D eigenvalue weighted by atomic mass is 9.98. The number of aromatic hydroxyl groups is 1. The molecule has 0 saturated carbocycles. The van der Waals surface area contributed by atoms with Gasteiger partial charge in [-0.2, -0.15) is 0 Å². The molecule has 0 saturated heterocycles. The average molecular weight is 162 g/mol. The van der Waals surface area contributed by atoms with Gasteiger partial charge in [-0.1, -0.05) is 24.3 Å². The molecule has 0 amide bonds. The first-order valence-corrected chi connectivity index (χ1v) is 3.98. The Hall–Kier alpha value is -1.44. The van der Waals surface area contributed by atoms with E-state index in [-0.39, 0.29) is 11.9 Å². The largest absolute Gasteiger partial charge is 0.481 e. The van der Waals surface area contributed by atoms with Crippen LogP contribution in [0.1, 0.15) is 18.1 Å². The summed E-state index contributed by atoms with van der Waals surface area (Å²) in [4.78, 5) is 0. The predicted octanol–water partition coefficient (Wildman–Crippen LogP) is 2.58. The van der Waals surface area contributed by atoms with Gasteiger partial charge in [-0.05, 0) is 12.5 Å². The zero-order chi connectivity index (χ0) is 8.39. The summed E-state index contributed by atoms with van der Waals surface area (Å²) in [6.45, 7) is 0. The van der Waals surface area contributed by atoms with E-state index >= 15 is 0 Å². The Bertz CT molecular complexity index is 320. The minimum absolute atomic E-state index is 0.00652. The summed E-state index contributed by atoms with van der Waals surface area (Å²) < 4.78 is 5.09. The first-order valence-electron chi connectivity index (χ1n) is 3.98. The molecule has 1 unspecified atom stereocenters. The molecule has 0 aromatic carbocycles. The standard InChI is InChI=1S/C10H10O2/c11-10-7-6-9(12-10)8-4-2-1-3-5-8/h1-4,6-8,11H,5H2. The summed E-state index contributed by atoms with van der Waals surface area (Å²) >= 11 is 0. The fraction of sp³-hybridized carbons (Fsp3) is 0.200. The van der Waals surface area contributed by atoms with Gasteiger partial charge >= 0.3 is 0 Å². The lowest BCUT2D eigenvalue weighted by Gasteiger charge is -2.08. The first-order chi connectivity index (χ1) is 5.86. The van der Waals surface area contributed by atoms with Crippen molar-refractivity contribution >= 4 is 0 Å². The van der Waals surface area contributed by atoms with Crippen LogP contribution in [-0.2, 0) is 0 Å². The molecule has 1 atom stereocenters. The normalized spacial score (nSPS) is 21.5. The Morgan fingerprint density at radius 2 is 2.25 bits per heavy atom. The highest BCUT2D eigenvalue weighted by atomic mass is 16.5. The van der Waals surface area contributed by atoms with Gasteiger partial charge in [0.1, 0.15) is 5.76 Å². The molecule has 1 aliphatic rings. The number of rotatable bonds is 1. The van der Waals surface area contributed by atoms with Gasteiger partial charge in [0.25, 0.3) is 5.95 Å². The molecule has 0 bridgehead atoms. The summed E-state index contributed by atoms with van der Waals surface area (Å²) in [5, 5.41) is 8.97. The lowest BCUT2D eigenvalue weighted by molar-refractivity contribution is 0.315. The smallest absolute Gasteiger partial charge is 0.281 e. The number of hydrogen-bond donors (Lipinski definition) is 1. The van der Waals surface area contributed by atoms with E-state index in [4.69, 9.17) is 9.52 Å². The molecule has 1 aromatic rings. The second-order valence-corrected chi connectivity index (χ2v) is 2.83. The van der Waals surface area contributed by atoms with Crippen molar-refractivity contribution in [1.82, 2.24) is 0 Å². The molecule has 1 aromatic heterocycles. The summed E-state index contributed by atoms with van der Waals surface area (Å²) in [5.41, 5.74) is 0. The van der Waals surface area contributed by atoms with Crippen LogP contribution in [0.3, 0.4) is 0 Å². The van der Waals surface area contributed by atoms with Crippen LogP contribution in [0, 0.1) is 0 Å². The van der Waals surface area contributed by atoms with Crippen molar-refractivity contribution in [2.75, 3.05) is 0 Å². The van der Waals surface area contributed by atoms with Crippen molar-refractivity contribution in [3.05, 3.63) is 42.2 Å². The minimum Gasteiger partial charge on any atom is -0.481 e. The van der Waals surface area contributed by atoms with E-state index in [1.54, 1.807) is 6.07 Å². The van der Waals surface area contributed by atoms with Crippen LogP contribution in [0.2, 0.25) is 0 Å². The maximum absolute atomic E-state index is 8.97. The van der Waals surface area contributed by atoms with Crippen molar-refractivity contribution in [2.45, 2.75) is 12.3 Å². The van der Waals surface area contributed by atoms with Gasteiger partial charge in [0.05, 0.1) is 0 Å². The Balaban J connectivity index is 2.20. The molecule has 0 fully saturated rings. The summed E-state index contributed by atoms with van der Waals surface area (Å²) in [7, 11) is 0. The molecule has 1 heterocycles. The third kappa shape index (κ3) is 1.28. The number of hydrogen-bond acceptors (Lipinski definition) is 2. The Morgan fingerprint density at radius 3 is 2.83 bits per heavy atom. The van der Waals surface area contributed by atoms with E-state index in [2.05, 4.69) is 12.2 Å². The van der Waals surface area contributed by atoms with Gasteiger partial charge in [-0.3, -0.25) is 0 Å². The highest BCUT2D eigenvalue weighted by Gasteiger charge is 2.12. The lowest BCUT2D eigenvalue weighted by Crippen LogP contribution is -1.93. The molecule has 62 valence electrons. The van der Waals surface area contributed by atoms with Crippen molar-refractivity contribution < 1.29 is 9.52 Å². The third-order valence-electron chi connectivity index (χ3n) is 1.96. The molecule has 1 aliphatic carbocycles. The molecule has 12 heavy (non-hydrogen) atoms. The van der Waals surface area contributed by atoms with Gasteiger partial charge in [0, 0.05) is 12.0 Å². The molecule has 2 rings (SSSR count). The van der Waals surface area contributed by atoms with E-state index in [1.165, 1.54) is 0 Å². The second kappa shape index (κ2) is 2.89. The maximum atomic E-state index is 8.97. The fourth-order valence-electron chi connectivity index (χ4n) is 1.33. The van der Waals surface area contributed by atoms with Gasteiger partial charge in [0.2, 0.25) is 0 Å². The van der Waals surface area contributed by atoms with Crippen LogP contribution in [0.5, 0.6) is 5.95 Å². The Labute approximate surface area is 70.8 Å². The van der Waals surface area contributed by atoms with E-state index in [1.807, 2.05) is 18.2 Å². The maximum Gasteiger partial charge on any atom is 0.281 e. The highest BCUT2D eigenvalue weighted by molar-refractivity contribution is 5.24. The van der Waals surface area contributed by atoms with Crippen molar-refractivity contribution in [3.8, 4) is 5.95 Å². The van der Waals surface area contributed by atoms with E-state index in [0.29, 0.717) is 0 Å². The van der Waals surface area contributed by atoms with Crippen molar-refractivity contribution in [1.29, 1.82) is 0 Å². The number of allylic oxidation sites excluding steroid dienone is 4. The van der Waals surface area contributed by atoms with Crippen LogP contribution in [0.15, 0.2) is 40.9 Å². The molecule has 0 spiro atoms. The Kier molecular flexibility index (Phi) is 1.74. The number of furan rings is 1. The summed E-state index contributed by atoms with van der Waals surface area (Å²) in [5.74, 6) is 1.11. The summed E-state index contributed by atoms with van der Waals surface area (Å²) in [6, 6.07) is 3.38. The van der Waals surface area contributed by atoms with Crippen LogP contribution in [0.25, 0.3) is 0 Å². The van der Waals surface area contributed by atoms with Gasteiger partial charge in [-0.25, -0.2) is 0 Å². The highest BCUT2D eigenvalue weighted by Crippen LogP contribution is 2.27. The quantitative estimate of drug-likeness (QED) is 0.688.